The lowest BCUT2D eigenvalue weighted by atomic mass is 9.74. The van der Waals surface area contributed by atoms with Gasteiger partial charge in [-0.2, -0.15) is 0 Å². The molecule has 1 N–H and O–H groups in total. The van der Waals surface area contributed by atoms with Gasteiger partial charge in [-0.3, -0.25) is 4.79 Å². The van der Waals surface area contributed by atoms with Crippen LogP contribution in [0.4, 0.5) is 4.39 Å². The number of hydrogen-bond acceptors (Lipinski definition) is 2. The quantitative estimate of drug-likeness (QED) is 0.914. The Labute approximate surface area is 118 Å². The highest BCUT2D eigenvalue weighted by molar-refractivity contribution is 5.76. The molecule has 3 rings (SSSR count). The Morgan fingerprint density at radius 3 is 2.70 bits per heavy atom. The summed E-state index contributed by atoms with van der Waals surface area (Å²) in [5.41, 5.74) is 1.07. The number of rotatable bonds is 4. The molecule has 1 aliphatic heterocycles. The van der Waals surface area contributed by atoms with Crippen LogP contribution in [-0.2, 0) is 11.2 Å². The highest BCUT2D eigenvalue weighted by Crippen LogP contribution is 2.40. The molecular weight excluding hydrogens is 257 g/mol. The number of likely N-dealkylation sites (tertiary alicyclic amines) is 1. The van der Waals surface area contributed by atoms with Crippen LogP contribution in [0.25, 0.3) is 0 Å². The summed E-state index contributed by atoms with van der Waals surface area (Å²) in [6.45, 7) is 1.54. The minimum Gasteiger partial charge on any atom is -0.393 e. The largest absolute Gasteiger partial charge is 0.393 e. The van der Waals surface area contributed by atoms with Crippen molar-refractivity contribution >= 4 is 5.91 Å². The molecule has 1 saturated heterocycles. The van der Waals surface area contributed by atoms with E-state index < -0.39 is 0 Å². The van der Waals surface area contributed by atoms with Gasteiger partial charge < -0.3 is 10.0 Å². The third-order valence-electron chi connectivity index (χ3n) is 4.65. The van der Waals surface area contributed by atoms with Gasteiger partial charge in [-0.25, -0.2) is 4.39 Å². The van der Waals surface area contributed by atoms with E-state index in [1.165, 1.54) is 12.1 Å². The number of carbonyl (C=O) groups is 1. The SMILES string of the molecule is O=C(CCCc1ccc(F)cc1)N1C[C@H]2C[C@@H](O)[C@H]2C1. The normalized spacial score (nSPS) is 28.1. The van der Waals surface area contributed by atoms with E-state index in [0.717, 1.165) is 37.9 Å². The number of carbonyl (C=O) groups excluding carboxylic acids is 1. The van der Waals surface area contributed by atoms with E-state index in [4.69, 9.17) is 0 Å². The average Bonchev–Trinajstić information content (AvgIpc) is 2.78. The second kappa shape index (κ2) is 5.52. The monoisotopic (exact) mass is 277 g/mol. The molecule has 2 aliphatic rings. The highest BCUT2D eigenvalue weighted by Gasteiger charge is 2.47. The standard InChI is InChI=1S/C16H20FNO2/c17-13-6-4-11(5-7-13)2-1-3-16(20)18-9-12-8-15(19)14(12)10-18/h4-7,12,14-15,19H,1-3,8-10H2/t12-,14+,15-/m1/s1. The predicted molar refractivity (Wildman–Crippen MR) is 73.5 cm³/mol. The summed E-state index contributed by atoms with van der Waals surface area (Å²) in [5, 5.41) is 9.60. The van der Waals surface area contributed by atoms with Gasteiger partial charge in [0.2, 0.25) is 5.91 Å². The average molecular weight is 277 g/mol. The Morgan fingerprint density at radius 2 is 2.05 bits per heavy atom. The van der Waals surface area contributed by atoms with Gasteiger partial charge in [-0.15, -0.1) is 0 Å². The summed E-state index contributed by atoms with van der Waals surface area (Å²) in [6, 6.07) is 6.45. The van der Waals surface area contributed by atoms with E-state index >= 15 is 0 Å². The maximum Gasteiger partial charge on any atom is 0.222 e. The Morgan fingerprint density at radius 1 is 1.30 bits per heavy atom. The highest BCUT2D eigenvalue weighted by atomic mass is 19.1. The van der Waals surface area contributed by atoms with Crippen molar-refractivity contribution in [3.8, 4) is 0 Å². The summed E-state index contributed by atoms with van der Waals surface area (Å²) in [4.78, 5) is 14.0. The van der Waals surface area contributed by atoms with E-state index in [9.17, 15) is 14.3 Å². The molecule has 1 amide bonds. The van der Waals surface area contributed by atoms with Crippen LogP contribution in [0.15, 0.2) is 24.3 Å². The van der Waals surface area contributed by atoms with E-state index in [-0.39, 0.29) is 17.8 Å². The van der Waals surface area contributed by atoms with Gasteiger partial charge in [0.1, 0.15) is 5.82 Å². The van der Waals surface area contributed by atoms with Gasteiger partial charge in [-0.05, 0) is 42.9 Å². The molecule has 2 fully saturated rings. The molecule has 20 heavy (non-hydrogen) atoms. The molecule has 3 atom stereocenters. The Bertz CT molecular complexity index is 488. The first-order valence-corrected chi connectivity index (χ1v) is 7.34. The van der Waals surface area contributed by atoms with Crippen molar-refractivity contribution in [2.75, 3.05) is 13.1 Å². The van der Waals surface area contributed by atoms with Crippen LogP contribution in [0, 0.1) is 17.7 Å². The number of hydrogen-bond donors (Lipinski definition) is 1. The number of aryl methyl sites for hydroxylation is 1. The lowest BCUT2D eigenvalue weighted by Gasteiger charge is -2.34. The first-order valence-electron chi connectivity index (χ1n) is 7.34. The summed E-state index contributed by atoms with van der Waals surface area (Å²) in [5.74, 6) is 0.798. The topological polar surface area (TPSA) is 40.5 Å². The van der Waals surface area contributed by atoms with Crippen molar-refractivity contribution in [1.29, 1.82) is 0 Å². The second-order valence-corrected chi connectivity index (χ2v) is 6.01. The summed E-state index contributed by atoms with van der Waals surface area (Å²) < 4.78 is 12.8. The summed E-state index contributed by atoms with van der Waals surface area (Å²) in [6.07, 6.45) is 2.78. The first kappa shape index (κ1) is 13.6. The van der Waals surface area contributed by atoms with Gasteiger partial charge in [-0.1, -0.05) is 12.1 Å². The van der Waals surface area contributed by atoms with Crippen molar-refractivity contribution < 1.29 is 14.3 Å². The van der Waals surface area contributed by atoms with Crippen molar-refractivity contribution in [2.45, 2.75) is 31.8 Å². The van der Waals surface area contributed by atoms with Gasteiger partial charge in [0.05, 0.1) is 6.10 Å². The van der Waals surface area contributed by atoms with Gasteiger partial charge in [0, 0.05) is 25.4 Å². The van der Waals surface area contributed by atoms with E-state index in [2.05, 4.69) is 0 Å². The maximum absolute atomic E-state index is 12.8. The fraction of sp³-hybridized carbons (Fsp3) is 0.562. The summed E-state index contributed by atoms with van der Waals surface area (Å²) in [7, 11) is 0. The molecule has 108 valence electrons. The maximum atomic E-state index is 12.8. The zero-order valence-corrected chi connectivity index (χ0v) is 11.5. The molecule has 1 saturated carbocycles. The molecule has 1 aromatic rings. The number of aliphatic hydroxyl groups excluding tert-OH is 1. The second-order valence-electron chi connectivity index (χ2n) is 6.01. The van der Waals surface area contributed by atoms with Gasteiger partial charge in [0.15, 0.2) is 0 Å². The van der Waals surface area contributed by atoms with E-state index in [1.807, 2.05) is 4.90 Å². The van der Waals surface area contributed by atoms with Crippen LogP contribution < -0.4 is 0 Å². The number of fused-ring (bicyclic) bond motifs is 1. The van der Waals surface area contributed by atoms with Gasteiger partial charge >= 0.3 is 0 Å². The Kier molecular flexibility index (Phi) is 3.74. The molecule has 0 aromatic heterocycles. The van der Waals surface area contributed by atoms with E-state index in [1.54, 1.807) is 12.1 Å². The third-order valence-corrected chi connectivity index (χ3v) is 4.65. The van der Waals surface area contributed by atoms with E-state index in [0.29, 0.717) is 18.3 Å². The summed E-state index contributed by atoms with van der Waals surface area (Å²) >= 11 is 0. The zero-order valence-electron chi connectivity index (χ0n) is 11.5. The lowest BCUT2D eigenvalue weighted by Crippen LogP contribution is -2.39. The minimum absolute atomic E-state index is 0.189. The number of aliphatic hydroxyl groups is 1. The van der Waals surface area contributed by atoms with Crippen LogP contribution in [0.2, 0.25) is 0 Å². The fourth-order valence-electron chi connectivity index (χ4n) is 3.33. The minimum atomic E-state index is -0.226. The van der Waals surface area contributed by atoms with Crippen LogP contribution >= 0.6 is 0 Å². The smallest absolute Gasteiger partial charge is 0.222 e. The fourth-order valence-corrected chi connectivity index (χ4v) is 3.33. The molecule has 0 spiro atoms. The first-order chi connectivity index (χ1) is 9.63. The molecule has 4 heteroatoms. The van der Waals surface area contributed by atoms with Crippen molar-refractivity contribution in [3.63, 3.8) is 0 Å². The van der Waals surface area contributed by atoms with Gasteiger partial charge in [0.25, 0.3) is 0 Å². The molecule has 1 aromatic carbocycles. The molecule has 0 bridgehead atoms. The molecule has 3 nitrogen and oxygen atoms in total. The van der Waals surface area contributed by atoms with Crippen LogP contribution in [0.1, 0.15) is 24.8 Å². The van der Waals surface area contributed by atoms with Crippen molar-refractivity contribution in [3.05, 3.63) is 35.6 Å². The van der Waals surface area contributed by atoms with Crippen LogP contribution in [0.5, 0.6) is 0 Å². The molecule has 0 unspecified atom stereocenters. The Hall–Kier alpha value is -1.42. The van der Waals surface area contributed by atoms with Crippen molar-refractivity contribution in [1.82, 2.24) is 4.90 Å². The Balaban J connectivity index is 1.42. The van der Waals surface area contributed by atoms with Crippen molar-refractivity contribution in [2.24, 2.45) is 11.8 Å². The third kappa shape index (κ3) is 2.70. The van der Waals surface area contributed by atoms with Crippen LogP contribution in [0.3, 0.4) is 0 Å². The number of nitrogens with zero attached hydrogens (tertiary/aromatic N) is 1. The zero-order chi connectivity index (χ0) is 14.1. The molecule has 1 heterocycles. The molecule has 1 aliphatic carbocycles. The lowest BCUT2D eigenvalue weighted by molar-refractivity contribution is -0.130. The molecular formula is C16H20FNO2. The molecule has 0 radical (unpaired) electrons. The predicted octanol–water partition coefficient (Wildman–Crippen LogP) is 1.99. The van der Waals surface area contributed by atoms with Crippen LogP contribution in [-0.4, -0.2) is 35.1 Å². The number of benzene rings is 1. The number of amides is 1. The number of halogens is 1.